The van der Waals surface area contributed by atoms with Crippen molar-refractivity contribution in [3.8, 4) is 16.8 Å². The lowest BCUT2D eigenvalue weighted by Crippen LogP contribution is -2.44. The van der Waals surface area contributed by atoms with Crippen molar-refractivity contribution in [3.05, 3.63) is 299 Å². The lowest BCUT2D eigenvalue weighted by Gasteiger charge is -2.50. The summed E-state index contributed by atoms with van der Waals surface area (Å²) in [6.45, 7) is 0. The van der Waals surface area contributed by atoms with Gasteiger partial charge in [-0.2, -0.15) is 0 Å². The van der Waals surface area contributed by atoms with Crippen LogP contribution in [-0.4, -0.2) is 4.57 Å². The van der Waals surface area contributed by atoms with E-state index in [9.17, 15) is 0 Å². The molecule has 0 saturated carbocycles. The molecule has 1 aromatic heterocycles. The van der Waals surface area contributed by atoms with Crippen molar-refractivity contribution in [2.24, 2.45) is 0 Å². The highest BCUT2D eigenvalue weighted by Gasteiger charge is 2.58. The molecule has 2 aliphatic rings. The summed E-state index contributed by atoms with van der Waals surface area (Å²) >= 11 is 0. The Kier molecular flexibility index (Phi) is 8.07. The van der Waals surface area contributed by atoms with Crippen molar-refractivity contribution in [2.45, 2.75) is 10.8 Å². The summed E-state index contributed by atoms with van der Waals surface area (Å²) < 4.78 is 2.39. The van der Waals surface area contributed by atoms with E-state index in [1.807, 2.05) is 0 Å². The van der Waals surface area contributed by atoms with Gasteiger partial charge in [-0.05, 0) is 110 Å². The molecule has 2 heteroatoms. The first kappa shape index (κ1) is 36.5. The van der Waals surface area contributed by atoms with E-state index in [4.69, 9.17) is 0 Å². The fraction of sp³-hybridized carbons (Fsp3) is 0.0323. The number of rotatable bonds is 7. The molecular weight excluding hydrogens is 773 g/mol. The second-order valence-corrected chi connectivity index (χ2v) is 17.1. The lowest BCUT2D eigenvalue weighted by atomic mass is 9.51. The highest BCUT2D eigenvalue weighted by molar-refractivity contribution is 6.11. The molecule has 2 unspecified atom stereocenters. The van der Waals surface area contributed by atoms with Crippen LogP contribution in [0, 0.1) is 0 Å². The maximum Gasteiger partial charge on any atom is 0.0728 e. The monoisotopic (exact) mass is 814 g/mol. The molecule has 10 aromatic carbocycles. The average molecular weight is 815 g/mol. The normalized spacial score (nSPS) is 16.9. The van der Waals surface area contributed by atoms with E-state index in [1.54, 1.807) is 0 Å². The second kappa shape index (κ2) is 14.2. The smallest absolute Gasteiger partial charge is 0.0728 e. The number of nitrogens with zero attached hydrogens (tertiary/aromatic N) is 2. The van der Waals surface area contributed by atoms with Gasteiger partial charge < -0.3 is 9.47 Å². The van der Waals surface area contributed by atoms with Gasteiger partial charge in [-0.25, -0.2) is 0 Å². The van der Waals surface area contributed by atoms with Gasteiger partial charge in [0, 0.05) is 27.8 Å². The van der Waals surface area contributed by atoms with E-state index in [1.165, 1.54) is 77.4 Å². The van der Waals surface area contributed by atoms with Gasteiger partial charge in [0.15, 0.2) is 0 Å². The summed E-state index contributed by atoms with van der Waals surface area (Å²) in [5.74, 6) is 0. The van der Waals surface area contributed by atoms with Crippen LogP contribution in [0.1, 0.15) is 44.5 Å². The van der Waals surface area contributed by atoms with Gasteiger partial charge in [-0.15, -0.1) is 0 Å². The van der Waals surface area contributed by atoms with Crippen molar-refractivity contribution >= 4 is 38.9 Å². The Morgan fingerprint density at radius 2 is 0.828 bits per heavy atom. The Labute approximate surface area is 373 Å². The summed E-state index contributed by atoms with van der Waals surface area (Å²) in [5, 5.41) is 2.44. The first-order chi connectivity index (χ1) is 31.8. The van der Waals surface area contributed by atoms with Crippen LogP contribution in [0.3, 0.4) is 0 Å². The molecule has 13 rings (SSSR count). The molecular formula is C62H42N2. The minimum absolute atomic E-state index is 0.523. The average Bonchev–Trinajstić information content (AvgIpc) is 3.87. The Morgan fingerprint density at radius 3 is 1.56 bits per heavy atom. The third kappa shape index (κ3) is 4.91. The van der Waals surface area contributed by atoms with Crippen molar-refractivity contribution in [1.29, 1.82) is 0 Å². The minimum Gasteiger partial charge on any atom is -0.310 e. The zero-order valence-corrected chi connectivity index (χ0v) is 35.1. The standard InChI is InChI=1S/C62H42N2/c1-5-22-43(23-6-1)61(53-34-16-17-35-54(53)62(44-24-7-2-8-25-44)52-33-15-13-30-48(52)50-32-21-37-56(61)60(50)62)55-36-18-20-39-59(55)63(45-26-9-3-10-27-45)47-40-41-58-51(42-47)49-31-14-19-38-57(49)64(58)46-28-11-4-12-29-46/h1-42H. The molecule has 0 saturated heterocycles. The zero-order chi connectivity index (χ0) is 42.2. The minimum atomic E-state index is -0.722. The molecule has 0 radical (unpaired) electrons. The highest BCUT2D eigenvalue weighted by atomic mass is 15.1. The molecule has 1 heterocycles. The van der Waals surface area contributed by atoms with Gasteiger partial charge in [-0.1, -0.05) is 200 Å². The number of hydrogen-bond donors (Lipinski definition) is 0. The van der Waals surface area contributed by atoms with Gasteiger partial charge in [0.1, 0.15) is 0 Å². The second-order valence-electron chi connectivity index (χ2n) is 17.1. The van der Waals surface area contributed by atoms with Crippen molar-refractivity contribution in [2.75, 3.05) is 4.90 Å². The Morgan fingerprint density at radius 1 is 0.312 bits per heavy atom. The quantitative estimate of drug-likeness (QED) is 0.156. The van der Waals surface area contributed by atoms with Crippen molar-refractivity contribution < 1.29 is 0 Å². The van der Waals surface area contributed by atoms with E-state index in [0.29, 0.717) is 0 Å². The van der Waals surface area contributed by atoms with Crippen LogP contribution in [0.25, 0.3) is 38.6 Å². The van der Waals surface area contributed by atoms with Gasteiger partial charge >= 0.3 is 0 Å². The third-order valence-electron chi connectivity index (χ3n) is 14.1. The number of anilines is 3. The van der Waals surface area contributed by atoms with Crippen molar-refractivity contribution in [3.63, 3.8) is 0 Å². The summed E-state index contributed by atoms with van der Waals surface area (Å²) in [6.07, 6.45) is 0. The van der Waals surface area contributed by atoms with Crippen molar-refractivity contribution in [1.82, 2.24) is 4.57 Å². The predicted octanol–water partition coefficient (Wildman–Crippen LogP) is 15.3. The van der Waals surface area contributed by atoms with Crippen LogP contribution in [0.15, 0.2) is 255 Å². The summed E-state index contributed by atoms with van der Waals surface area (Å²) in [4.78, 5) is 2.49. The first-order valence-corrected chi connectivity index (χ1v) is 22.3. The number of aromatic nitrogens is 1. The molecule has 2 aliphatic carbocycles. The fourth-order valence-electron chi connectivity index (χ4n) is 11.8. The summed E-state index contributed by atoms with van der Waals surface area (Å²) in [5.41, 5.74) is 18.5. The molecule has 300 valence electrons. The van der Waals surface area contributed by atoms with E-state index in [2.05, 4.69) is 264 Å². The molecule has 0 spiro atoms. The predicted molar refractivity (Wildman–Crippen MR) is 265 cm³/mol. The Bertz CT molecular complexity index is 3560. The van der Waals surface area contributed by atoms with Crippen LogP contribution in [0.5, 0.6) is 0 Å². The number of benzene rings is 10. The van der Waals surface area contributed by atoms with Crippen LogP contribution in [0.4, 0.5) is 17.1 Å². The van der Waals surface area contributed by atoms with Gasteiger partial charge in [0.05, 0.1) is 27.6 Å². The lowest BCUT2D eigenvalue weighted by molar-refractivity contribution is 0.627. The van der Waals surface area contributed by atoms with Gasteiger partial charge in [0.2, 0.25) is 0 Å². The highest BCUT2D eigenvalue weighted by Crippen LogP contribution is 2.66. The molecule has 0 fully saturated rings. The van der Waals surface area contributed by atoms with Crippen LogP contribution >= 0.6 is 0 Å². The molecule has 0 bridgehead atoms. The van der Waals surface area contributed by atoms with Crippen LogP contribution < -0.4 is 4.90 Å². The van der Waals surface area contributed by atoms with Gasteiger partial charge in [0.25, 0.3) is 0 Å². The summed E-state index contributed by atoms with van der Waals surface area (Å²) in [6, 6.07) is 94.7. The molecule has 0 N–H and O–H groups in total. The van der Waals surface area contributed by atoms with E-state index in [-0.39, 0.29) is 0 Å². The molecule has 2 nitrogen and oxygen atoms in total. The van der Waals surface area contributed by atoms with E-state index in [0.717, 1.165) is 22.7 Å². The largest absolute Gasteiger partial charge is 0.310 e. The van der Waals surface area contributed by atoms with E-state index < -0.39 is 10.8 Å². The maximum absolute atomic E-state index is 2.49. The number of fused-ring (bicyclic) bond motifs is 8. The molecule has 2 atom stereocenters. The summed E-state index contributed by atoms with van der Waals surface area (Å²) in [7, 11) is 0. The first-order valence-electron chi connectivity index (χ1n) is 22.3. The molecule has 11 aromatic rings. The SMILES string of the molecule is c1ccc(N(c2ccc3c(c2)c2ccccc2n3-c2ccccc2)c2ccccc2C2(c3ccccc3)c3ccccc3C3(c4ccccc4)c4ccccc4-c4cccc2c43)cc1. The van der Waals surface area contributed by atoms with Gasteiger partial charge in [-0.3, -0.25) is 0 Å². The topological polar surface area (TPSA) is 8.17 Å². The van der Waals surface area contributed by atoms with Crippen LogP contribution in [-0.2, 0) is 10.8 Å². The molecule has 64 heavy (non-hydrogen) atoms. The van der Waals surface area contributed by atoms with E-state index >= 15 is 0 Å². The van der Waals surface area contributed by atoms with Crippen LogP contribution in [0.2, 0.25) is 0 Å². The third-order valence-corrected chi connectivity index (χ3v) is 14.1. The fourth-order valence-corrected chi connectivity index (χ4v) is 11.8. The molecule has 0 aliphatic heterocycles. The number of hydrogen-bond acceptors (Lipinski definition) is 1. The molecule has 0 amide bonds. The maximum atomic E-state index is 2.49. The zero-order valence-electron chi connectivity index (χ0n) is 35.1. The Balaban J connectivity index is 1.15. The number of para-hydroxylation sites is 4. The Hall–Kier alpha value is -8.20.